The molecule has 0 spiro atoms. The number of rotatable bonds is 7. The van der Waals surface area contributed by atoms with Gasteiger partial charge in [0.1, 0.15) is 0 Å². The van der Waals surface area contributed by atoms with Crippen molar-refractivity contribution in [3.63, 3.8) is 0 Å². The molecule has 1 atom stereocenters. The van der Waals surface area contributed by atoms with E-state index in [0.29, 0.717) is 0 Å². The van der Waals surface area contributed by atoms with Crippen molar-refractivity contribution < 1.29 is 8.42 Å². The lowest BCUT2D eigenvalue weighted by Crippen LogP contribution is -2.36. The third kappa shape index (κ3) is 4.76. The second-order valence-corrected chi connectivity index (χ2v) is 8.30. The average Bonchev–Trinajstić information content (AvgIpc) is 2.70. The summed E-state index contributed by atoms with van der Waals surface area (Å²) in [5.41, 5.74) is 3.11. The van der Waals surface area contributed by atoms with Crippen LogP contribution in [-0.2, 0) is 10.0 Å². The molecule has 3 aromatic rings. The molecular weight excluding hydrogens is 356 g/mol. The molecule has 1 unspecified atom stereocenters. The van der Waals surface area contributed by atoms with Crippen LogP contribution in [0.1, 0.15) is 17.2 Å². The van der Waals surface area contributed by atoms with Crippen molar-refractivity contribution in [2.45, 2.75) is 17.9 Å². The molecular formula is C22H24N2O2S. The van der Waals surface area contributed by atoms with Crippen LogP contribution < -0.4 is 9.62 Å². The van der Waals surface area contributed by atoms with E-state index in [1.807, 2.05) is 74.6 Å². The van der Waals surface area contributed by atoms with Gasteiger partial charge in [-0.2, -0.15) is 0 Å². The van der Waals surface area contributed by atoms with Crippen molar-refractivity contribution in [1.82, 2.24) is 4.72 Å². The molecule has 0 aromatic heterocycles. The van der Waals surface area contributed by atoms with Gasteiger partial charge >= 0.3 is 0 Å². The van der Waals surface area contributed by atoms with Crippen molar-refractivity contribution in [3.8, 4) is 0 Å². The first kappa shape index (κ1) is 19.1. The molecule has 1 N–H and O–H groups in total. The number of benzene rings is 3. The zero-order chi connectivity index (χ0) is 19.3. The molecule has 0 fully saturated rings. The number of nitrogens with zero attached hydrogens (tertiary/aromatic N) is 1. The molecule has 0 saturated heterocycles. The number of nitrogens with one attached hydrogen (secondary N) is 1. The third-order valence-electron chi connectivity index (χ3n) is 4.61. The third-order valence-corrected chi connectivity index (χ3v) is 6.05. The Morgan fingerprint density at radius 1 is 0.852 bits per heavy atom. The summed E-state index contributed by atoms with van der Waals surface area (Å²) in [6.07, 6.45) is 0. The highest BCUT2D eigenvalue weighted by atomic mass is 32.2. The maximum Gasteiger partial charge on any atom is 0.240 e. The molecule has 0 aliphatic heterocycles. The van der Waals surface area contributed by atoms with E-state index in [9.17, 15) is 8.42 Å². The van der Waals surface area contributed by atoms with Gasteiger partial charge in [-0.15, -0.1) is 0 Å². The van der Waals surface area contributed by atoms with E-state index in [2.05, 4.69) is 9.62 Å². The molecule has 0 amide bonds. The largest absolute Gasteiger partial charge is 0.366 e. The van der Waals surface area contributed by atoms with Gasteiger partial charge in [-0.1, -0.05) is 66.2 Å². The normalized spacial score (nSPS) is 12.5. The van der Waals surface area contributed by atoms with Gasteiger partial charge in [0, 0.05) is 19.3 Å². The summed E-state index contributed by atoms with van der Waals surface area (Å²) in [5.74, 6) is 0. The van der Waals surface area contributed by atoms with Gasteiger partial charge in [0.05, 0.1) is 10.9 Å². The Bertz CT molecular complexity index is 956. The van der Waals surface area contributed by atoms with Crippen molar-refractivity contribution in [1.29, 1.82) is 0 Å². The highest BCUT2D eigenvalue weighted by Gasteiger charge is 2.21. The van der Waals surface area contributed by atoms with E-state index in [1.54, 1.807) is 24.3 Å². The van der Waals surface area contributed by atoms with Crippen molar-refractivity contribution >= 4 is 15.7 Å². The zero-order valence-electron chi connectivity index (χ0n) is 15.5. The van der Waals surface area contributed by atoms with E-state index < -0.39 is 10.0 Å². The fourth-order valence-electron chi connectivity index (χ4n) is 2.99. The molecule has 0 aliphatic rings. The molecule has 0 aliphatic carbocycles. The number of hydrogen-bond donors (Lipinski definition) is 1. The standard InChI is InChI=1S/C22H24N2O2S/c1-18-13-15-21(16-14-18)27(25,26)23-17-22(19-9-5-3-6-10-19)24(2)20-11-7-4-8-12-20/h3-16,22-23H,17H2,1-2H3. The second-order valence-electron chi connectivity index (χ2n) is 6.54. The van der Waals surface area contributed by atoms with Crippen LogP contribution >= 0.6 is 0 Å². The predicted molar refractivity (Wildman–Crippen MR) is 110 cm³/mol. The van der Waals surface area contributed by atoms with Crippen LogP contribution in [0.15, 0.2) is 89.8 Å². The molecule has 3 rings (SSSR count). The molecule has 0 saturated carbocycles. The SMILES string of the molecule is Cc1ccc(S(=O)(=O)NCC(c2ccccc2)N(C)c2ccccc2)cc1. The van der Waals surface area contributed by atoms with E-state index in [4.69, 9.17) is 0 Å². The number of para-hydroxylation sites is 1. The molecule has 5 heteroatoms. The minimum Gasteiger partial charge on any atom is -0.366 e. The zero-order valence-corrected chi connectivity index (χ0v) is 16.4. The summed E-state index contributed by atoms with van der Waals surface area (Å²) >= 11 is 0. The monoisotopic (exact) mass is 380 g/mol. The maximum absolute atomic E-state index is 12.7. The summed E-state index contributed by atoms with van der Waals surface area (Å²) < 4.78 is 28.2. The van der Waals surface area contributed by atoms with E-state index in [1.165, 1.54) is 0 Å². The summed E-state index contributed by atoms with van der Waals surface area (Å²) in [7, 11) is -1.59. The van der Waals surface area contributed by atoms with Crippen LogP contribution in [0.4, 0.5) is 5.69 Å². The predicted octanol–water partition coefficient (Wildman–Crippen LogP) is 4.15. The lowest BCUT2D eigenvalue weighted by atomic mass is 10.1. The van der Waals surface area contributed by atoms with E-state index >= 15 is 0 Å². The van der Waals surface area contributed by atoms with Crippen LogP contribution in [0.3, 0.4) is 0 Å². The Labute approximate surface area is 161 Å². The van der Waals surface area contributed by atoms with Gasteiger partial charge in [0.25, 0.3) is 0 Å². The second kappa shape index (κ2) is 8.37. The van der Waals surface area contributed by atoms with Gasteiger partial charge < -0.3 is 4.90 Å². The average molecular weight is 381 g/mol. The van der Waals surface area contributed by atoms with Gasteiger partial charge in [0.15, 0.2) is 0 Å². The highest BCUT2D eigenvalue weighted by Crippen LogP contribution is 2.25. The Kier molecular flexibility index (Phi) is 5.94. The Balaban J connectivity index is 1.85. The van der Waals surface area contributed by atoms with Gasteiger partial charge in [-0.25, -0.2) is 13.1 Å². The van der Waals surface area contributed by atoms with Crippen LogP contribution in [0, 0.1) is 6.92 Å². The topological polar surface area (TPSA) is 49.4 Å². The molecule has 4 nitrogen and oxygen atoms in total. The fourth-order valence-corrected chi connectivity index (χ4v) is 4.02. The quantitative estimate of drug-likeness (QED) is 0.670. The van der Waals surface area contributed by atoms with Crippen LogP contribution in [0.2, 0.25) is 0 Å². The van der Waals surface area contributed by atoms with Crippen molar-refractivity contribution in [2.75, 3.05) is 18.5 Å². The van der Waals surface area contributed by atoms with E-state index in [0.717, 1.165) is 16.8 Å². The fraction of sp³-hybridized carbons (Fsp3) is 0.182. The highest BCUT2D eigenvalue weighted by molar-refractivity contribution is 7.89. The molecule has 0 heterocycles. The number of likely N-dealkylation sites (N-methyl/N-ethyl adjacent to an activating group) is 1. The maximum atomic E-state index is 12.7. The minimum atomic E-state index is -3.57. The van der Waals surface area contributed by atoms with Gasteiger partial charge in [0.2, 0.25) is 10.0 Å². The molecule has 0 radical (unpaired) electrons. The smallest absolute Gasteiger partial charge is 0.240 e. The van der Waals surface area contributed by atoms with Crippen LogP contribution in [-0.4, -0.2) is 22.0 Å². The Morgan fingerprint density at radius 2 is 1.41 bits per heavy atom. The lowest BCUT2D eigenvalue weighted by molar-refractivity contribution is 0.567. The van der Waals surface area contributed by atoms with Gasteiger partial charge in [-0.3, -0.25) is 0 Å². The molecule has 140 valence electrons. The van der Waals surface area contributed by atoms with Crippen LogP contribution in [0.25, 0.3) is 0 Å². The minimum absolute atomic E-state index is 0.131. The first-order valence-electron chi connectivity index (χ1n) is 8.86. The van der Waals surface area contributed by atoms with Crippen LogP contribution in [0.5, 0.6) is 0 Å². The molecule has 3 aromatic carbocycles. The molecule has 27 heavy (non-hydrogen) atoms. The summed E-state index contributed by atoms with van der Waals surface area (Å²) in [5, 5.41) is 0. The summed E-state index contributed by atoms with van der Waals surface area (Å²) in [6.45, 7) is 2.20. The number of sulfonamides is 1. The molecule has 0 bridgehead atoms. The summed E-state index contributed by atoms with van der Waals surface area (Å²) in [4.78, 5) is 2.37. The first-order valence-corrected chi connectivity index (χ1v) is 10.3. The Hall–Kier alpha value is -2.63. The van der Waals surface area contributed by atoms with Crippen molar-refractivity contribution in [2.24, 2.45) is 0 Å². The summed E-state index contributed by atoms with van der Waals surface area (Å²) in [6, 6.07) is 26.6. The first-order chi connectivity index (χ1) is 13.0. The van der Waals surface area contributed by atoms with Gasteiger partial charge in [-0.05, 0) is 36.8 Å². The number of anilines is 1. The lowest BCUT2D eigenvalue weighted by Gasteiger charge is -2.30. The van der Waals surface area contributed by atoms with E-state index in [-0.39, 0.29) is 17.5 Å². The Morgan fingerprint density at radius 3 is 2.00 bits per heavy atom. The number of aryl methyl sites for hydroxylation is 1. The van der Waals surface area contributed by atoms with Crippen molar-refractivity contribution in [3.05, 3.63) is 96.1 Å². The number of hydrogen-bond acceptors (Lipinski definition) is 3.